The molecule has 1 aromatic heterocycles. The monoisotopic (exact) mass is 285 g/mol. The van der Waals surface area contributed by atoms with E-state index in [2.05, 4.69) is 24.0 Å². The van der Waals surface area contributed by atoms with Gasteiger partial charge in [0.05, 0.1) is 0 Å². The lowest BCUT2D eigenvalue weighted by atomic mass is 10.0. The van der Waals surface area contributed by atoms with E-state index >= 15 is 0 Å². The van der Waals surface area contributed by atoms with Gasteiger partial charge in [0.15, 0.2) is 5.84 Å². The Bertz CT molecular complexity index is 649. The van der Waals surface area contributed by atoms with Crippen molar-refractivity contribution in [2.75, 3.05) is 0 Å². The van der Waals surface area contributed by atoms with E-state index in [0.717, 1.165) is 5.69 Å². The van der Waals surface area contributed by atoms with Crippen molar-refractivity contribution in [3.63, 3.8) is 0 Å². The minimum Gasteiger partial charge on any atom is -0.439 e. The fraction of sp³-hybridized carbons (Fsp3) is 0.250. The number of aromatic nitrogens is 1. The van der Waals surface area contributed by atoms with Crippen LogP contribution in [-0.4, -0.2) is 16.0 Å². The summed E-state index contributed by atoms with van der Waals surface area (Å²) >= 11 is 0. The summed E-state index contributed by atoms with van der Waals surface area (Å²) in [6.07, 6.45) is 0. The topological polar surface area (TPSA) is 80.7 Å². The molecule has 0 aliphatic carbocycles. The molecule has 5 heteroatoms. The van der Waals surface area contributed by atoms with E-state index in [4.69, 9.17) is 15.7 Å². The van der Waals surface area contributed by atoms with Crippen LogP contribution in [-0.2, 0) is 0 Å². The molecule has 2 rings (SSSR count). The molecule has 0 atom stereocenters. The normalized spacial score (nSPS) is 11.7. The van der Waals surface area contributed by atoms with Gasteiger partial charge in [-0.1, -0.05) is 31.1 Å². The molecule has 3 N–H and O–H groups in total. The zero-order chi connectivity index (χ0) is 15.4. The van der Waals surface area contributed by atoms with Gasteiger partial charge in [-0.3, -0.25) is 0 Å². The average Bonchev–Trinajstić information content (AvgIpc) is 2.46. The van der Waals surface area contributed by atoms with Gasteiger partial charge in [-0.25, -0.2) is 4.98 Å². The summed E-state index contributed by atoms with van der Waals surface area (Å²) in [5.41, 5.74) is 8.14. The molecule has 0 aliphatic heterocycles. The molecule has 0 fully saturated rings. The summed E-state index contributed by atoms with van der Waals surface area (Å²) in [6.45, 7) is 6.10. The average molecular weight is 285 g/mol. The number of nitrogens with zero attached hydrogens (tertiary/aromatic N) is 2. The van der Waals surface area contributed by atoms with Gasteiger partial charge in [-0.05, 0) is 36.6 Å². The molecule has 0 amide bonds. The summed E-state index contributed by atoms with van der Waals surface area (Å²) < 4.78 is 5.73. The molecule has 0 saturated heterocycles. The summed E-state index contributed by atoms with van der Waals surface area (Å²) in [7, 11) is 0. The molecule has 0 aliphatic rings. The van der Waals surface area contributed by atoms with Crippen molar-refractivity contribution >= 4 is 5.84 Å². The minimum atomic E-state index is 0.0282. The lowest BCUT2D eigenvalue weighted by molar-refractivity contribution is 0.318. The lowest BCUT2D eigenvalue weighted by Gasteiger charge is -2.09. The molecule has 0 bridgehead atoms. The van der Waals surface area contributed by atoms with Crippen molar-refractivity contribution < 1.29 is 9.94 Å². The smallest absolute Gasteiger partial charge is 0.220 e. The van der Waals surface area contributed by atoms with Gasteiger partial charge in [-0.2, -0.15) is 0 Å². The highest BCUT2D eigenvalue weighted by molar-refractivity contribution is 5.97. The van der Waals surface area contributed by atoms with Crippen molar-refractivity contribution in [1.29, 1.82) is 0 Å². The van der Waals surface area contributed by atoms with Gasteiger partial charge < -0.3 is 15.7 Å². The van der Waals surface area contributed by atoms with E-state index in [9.17, 15) is 0 Å². The van der Waals surface area contributed by atoms with Crippen LogP contribution in [0.15, 0.2) is 41.6 Å². The maximum absolute atomic E-state index is 8.74. The quantitative estimate of drug-likeness (QED) is 0.390. The number of ether oxygens (including phenoxy) is 1. The molecule has 21 heavy (non-hydrogen) atoms. The molecule has 0 unspecified atom stereocenters. The van der Waals surface area contributed by atoms with Crippen molar-refractivity contribution in [3.8, 4) is 11.6 Å². The maximum atomic E-state index is 8.74. The highest BCUT2D eigenvalue weighted by Gasteiger charge is 2.07. The second kappa shape index (κ2) is 6.26. The number of amidine groups is 1. The summed E-state index contributed by atoms with van der Waals surface area (Å²) in [4.78, 5) is 4.29. The number of oxime groups is 1. The lowest BCUT2D eigenvalue weighted by Crippen LogP contribution is -2.13. The Morgan fingerprint density at radius 1 is 1.24 bits per heavy atom. The number of pyridine rings is 1. The van der Waals surface area contributed by atoms with Gasteiger partial charge in [0.1, 0.15) is 5.75 Å². The summed E-state index contributed by atoms with van der Waals surface area (Å²) in [5, 5.41) is 11.7. The highest BCUT2D eigenvalue weighted by atomic mass is 16.5. The fourth-order valence-corrected chi connectivity index (χ4v) is 1.94. The van der Waals surface area contributed by atoms with Crippen LogP contribution in [0.2, 0.25) is 0 Å². The zero-order valence-electron chi connectivity index (χ0n) is 12.4. The van der Waals surface area contributed by atoms with Gasteiger partial charge in [0, 0.05) is 17.3 Å². The van der Waals surface area contributed by atoms with E-state index in [0.29, 0.717) is 23.1 Å². The predicted molar refractivity (Wildman–Crippen MR) is 82.1 cm³/mol. The molecule has 0 spiro atoms. The minimum absolute atomic E-state index is 0.0282. The fourth-order valence-electron chi connectivity index (χ4n) is 1.94. The number of rotatable bonds is 4. The number of hydrogen-bond donors (Lipinski definition) is 2. The van der Waals surface area contributed by atoms with Crippen molar-refractivity contribution in [1.82, 2.24) is 4.98 Å². The van der Waals surface area contributed by atoms with Crippen LogP contribution in [0, 0.1) is 6.92 Å². The molecule has 1 aromatic carbocycles. The molecule has 5 nitrogen and oxygen atoms in total. The Morgan fingerprint density at radius 3 is 2.48 bits per heavy atom. The Kier molecular flexibility index (Phi) is 4.42. The van der Waals surface area contributed by atoms with Gasteiger partial charge >= 0.3 is 0 Å². The first-order chi connectivity index (χ1) is 9.99. The molecule has 2 aromatic rings. The molecular formula is C16H19N3O2. The molecule has 110 valence electrons. The standard InChI is InChI=1S/C16H19N3O2/c1-10(2)12-4-6-14(7-5-12)21-15-9-13(16(17)19-20)8-11(3)18-15/h4-10,20H,1-3H3,(H2,17,19). The van der Waals surface area contributed by atoms with Crippen molar-refractivity contribution in [2.24, 2.45) is 10.9 Å². The summed E-state index contributed by atoms with van der Waals surface area (Å²) in [5.74, 6) is 1.61. The number of benzene rings is 1. The largest absolute Gasteiger partial charge is 0.439 e. The Hall–Kier alpha value is -2.56. The Balaban J connectivity index is 2.25. The van der Waals surface area contributed by atoms with Gasteiger partial charge in [-0.15, -0.1) is 0 Å². The first kappa shape index (κ1) is 14.8. The third-order valence-electron chi connectivity index (χ3n) is 3.10. The Labute approximate surface area is 124 Å². The highest BCUT2D eigenvalue weighted by Crippen LogP contribution is 2.23. The second-order valence-electron chi connectivity index (χ2n) is 5.15. The van der Waals surface area contributed by atoms with Crippen LogP contribution in [0.4, 0.5) is 0 Å². The van der Waals surface area contributed by atoms with Gasteiger partial charge in [0.2, 0.25) is 5.88 Å². The molecule has 0 radical (unpaired) electrons. The van der Waals surface area contributed by atoms with E-state index in [1.165, 1.54) is 5.56 Å². The zero-order valence-corrected chi connectivity index (χ0v) is 12.4. The van der Waals surface area contributed by atoms with Crippen LogP contribution in [0.25, 0.3) is 0 Å². The van der Waals surface area contributed by atoms with E-state index in [-0.39, 0.29) is 5.84 Å². The van der Waals surface area contributed by atoms with Crippen LogP contribution >= 0.6 is 0 Å². The maximum Gasteiger partial charge on any atom is 0.220 e. The Morgan fingerprint density at radius 2 is 1.90 bits per heavy atom. The third-order valence-corrected chi connectivity index (χ3v) is 3.10. The predicted octanol–water partition coefficient (Wildman–Crippen LogP) is 3.40. The molecule has 1 heterocycles. The van der Waals surface area contributed by atoms with Crippen molar-refractivity contribution in [3.05, 3.63) is 53.2 Å². The van der Waals surface area contributed by atoms with Crippen LogP contribution < -0.4 is 10.5 Å². The van der Waals surface area contributed by atoms with Crippen molar-refractivity contribution in [2.45, 2.75) is 26.7 Å². The third kappa shape index (κ3) is 3.72. The van der Waals surface area contributed by atoms with Gasteiger partial charge in [0.25, 0.3) is 0 Å². The number of nitrogens with two attached hydrogens (primary N) is 1. The van der Waals surface area contributed by atoms with Crippen LogP contribution in [0.1, 0.15) is 36.6 Å². The van der Waals surface area contributed by atoms with E-state index < -0.39 is 0 Å². The number of aryl methyl sites for hydroxylation is 1. The first-order valence-corrected chi connectivity index (χ1v) is 6.74. The van der Waals surface area contributed by atoms with Crippen LogP contribution in [0.5, 0.6) is 11.6 Å². The second-order valence-corrected chi connectivity index (χ2v) is 5.15. The number of hydrogen-bond acceptors (Lipinski definition) is 4. The van der Waals surface area contributed by atoms with E-state index in [1.807, 2.05) is 31.2 Å². The SMILES string of the molecule is Cc1cc(/C(N)=N/O)cc(Oc2ccc(C(C)C)cc2)n1. The first-order valence-electron chi connectivity index (χ1n) is 6.74. The van der Waals surface area contributed by atoms with Crippen LogP contribution in [0.3, 0.4) is 0 Å². The van der Waals surface area contributed by atoms with E-state index in [1.54, 1.807) is 12.1 Å². The molecule has 0 saturated carbocycles. The molecular weight excluding hydrogens is 266 g/mol. The summed E-state index contributed by atoms with van der Waals surface area (Å²) in [6, 6.07) is 11.2.